The Hall–Kier alpha value is -2.83. The van der Waals surface area contributed by atoms with Crippen molar-refractivity contribution in [3.8, 4) is 5.75 Å². The van der Waals surface area contributed by atoms with Gasteiger partial charge in [0, 0.05) is 19.3 Å². The molecule has 7 nitrogen and oxygen atoms in total. The summed E-state index contributed by atoms with van der Waals surface area (Å²) in [6.45, 7) is 0.805. The first-order valence-electron chi connectivity index (χ1n) is 6.34. The number of aromatic nitrogens is 2. The first kappa shape index (κ1) is 14.6. The van der Waals surface area contributed by atoms with Crippen molar-refractivity contribution in [1.29, 1.82) is 0 Å². The van der Waals surface area contributed by atoms with Gasteiger partial charge in [-0.25, -0.2) is 9.78 Å². The van der Waals surface area contributed by atoms with Gasteiger partial charge in [-0.05, 0) is 17.7 Å². The summed E-state index contributed by atoms with van der Waals surface area (Å²) in [4.78, 5) is 26.1. The average Bonchev–Trinajstić information content (AvgIpc) is 2.87. The summed E-state index contributed by atoms with van der Waals surface area (Å²) in [7, 11) is 0. The first-order chi connectivity index (χ1) is 10.0. The molecule has 1 heterocycles. The molecule has 0 aliphatic heterocycles. The number of imidazole rings is 1. The standard InChI is InChI=1S/C14H15N3O4/c18-11-3-1-2-10(6-11)7-13(19)15-4-5-17-8-12(14(20)21)16-9-17/h1-3,6,8-9,18H,4-5,7H2,(H,15,19)(H,20,21). The molecule has 21 heavy (non-hydrogen) atoms. The molecule has 1 aromatic carbocycles. The van der Waals surface area contributed by atoms with Crippen LogP contribution in [0, 0.1) is 0 Å². The fraction of sp³-hybridized carbons (Fsp3) is 0.214. The van der Waals surface area contributed by atoms with Gasteiger partial charge in [-0.2, -0.15) is 0 Å². The van der Waals surface area contributed by atoms with Crippen LogP contribution in [-0.2, 0) is 17.8 Å². The largest absolute Gasteiger partial charge is 0.508 e. The highest BCUT2D eigenvalue weighted by Gasteiger charge is 2.07. The molecule has 1 amide bonds. The molecule has 0 saturated heterocycles. The van der Waals surface area contributed by atoms with Gasteiger partial charge in [-0.3, -0.25) is 4.79 Å². The molecule has 2 aromatic rings. The maximum Gasteiger partial charge on any atom is 0.356 e. The van der Waals surface area contributed by atoms with Crippen LogP contribution in [0.3, 0.4) is 0 Å². The Labute approximate surface area is 120 Å². The molecule has 0 spiro atoms. The Kier molecular flexibility index (Phi) is 4.55. The molecule has 2 rings (SSSR count). The molecule has 0 aliphatic rings. The summed E-state index contributed by atoms with van der Waals surface area (Å²) in [5, 5.41) is 20.8. The summed E-state index contributed by atoms with van der Waals surface area (Å²) in [6, 6.07) is 6.51. The monoisotopic (exact) mass is 289 g/mol. The van der Waals surface area contributed by atoms with Gasteiger partial charge < -0.3 is 20.1 Å². The van der Waals surface area contributed by atoms with Crippen molar-refractivity contribution in [1.82, 2.24) is 14.9 Å². The Morgan fingerprint density at radius 3 is 2.81 bits per heavy atom. The zero-order valence-corrected chi connectivity index (χ0v) is 11.2. The number of amides is 1. The quantitative estimate of drug-likeness (QED) is 0.724. The molecule has 0 bridgehead atoms. The lowest BCUT2D eigenvalue weighted by Gasteiger charge is -2.06. The van der Waals surface area contributed by atoms with Gasteiger partial charge in [0.15, 0.2) is 5.69 Å². The maximum absolute atomic E-state index is 11.7. The highest BCUT2D eigenvalue weighted by molar-refractivity contribution is 5.84. The van der Waals surface area contributed by atoms with Crippen LogP contribution in [0.15, 0.2) is 36.8 Å². The van der Waals surface area contributed by atoms with Crippen molar-refractivity contribution in [3.63, 3.8) is 0 Å². The smallest absolute Gasteiger partial charge is 0.356 e. The summed E-state index contributed by atoms with van der Waals surface area (Å²) in [5.41, 5.74) is 0.699. The number of nitrogens with zero attached hydrogens (tertiary/aromatic N) is 2. The van der Waals surface area contributed by atoms with Gasteiger partial charge in [0.25, 0.3) is 0 Å². The summed E-state index contributed by atoms with van der Waals surface area (Å²) in [6.07, 6.45) is 2.99. The molecule has 0 aliphatic carbocycles. The minimum absolute atomic E-state index is 0.0268. The first-order valence-corrected chi connectivity index (χ1v) is 6.34. The van der Waals surface area contributed by atoms with E-state index >= 15 is 0 Å². The highest BCUT2D eigenvalue weighted by Crippen LogP contribution is 2.11. The molecule has 1 aromatic heterocycles. The Morgan fingerprint density at radius 2 is 2.14 bits per heavy atom. The summed E-state index contributed by atoms with van der Waals surface area (Å²) < 4.78 is 1.60. The topological polar surface area (TPSA) is 104 Å². The Balaban J connectivity index is 1.77. The van der Waals surface area contributed by atoms with Gasteiger partial charge in [0.1, 0.15) is 5.75 Å². The van der Waals surface area contributed by atoms with Gasteiger partial charge >= 0.3 is 5.97 Å². The average molecular weight is 289 g/mol. The van der Waals surface area contributed by atoms with Crippen LogP contribution in [0.25, 0.3) is 0 Å². The zero-order chi connectivity index (χ0) is 15.2. The highest BCUT2D eigenvalue weighted by atomic mass is 16.4. The predicted octanol–water partition coefficient (Wildman–Crippen LogP) is 0.646. The third kappa shape index (κ3) is 4.34. The number of phenols is 1. The molecule has 0 radical (unpaired) electrons. The number of phenolic OH excluding ortho intramolecular Hbond substituents is 1. The number of hydrogen-bond donors (Lipinski definition) is 3. The SMILES string of the molecule is O=C(Cc1cccc(O)c1)NCCn1cnc(C(=O)O)c1. The summed E-state index contributed by atoms with van der Waals surface area (Å²) >= 11 is 0. The molecule has 0 atom stereocenters. The molecule has 7 heteroatoms. The van der Waals surface area contributed by atoms with E-state index in [1.54, 1.807) is 22.8 Å². The van der Waals surface area contributed by atoms with Crippen LogP contribution in [-0.4, -0.2) is 38.2 Å². The molecule has 0 fully saturated rings. The van der Waals surface area contributed by atoms with E-state index < -0.39 is 5.97 Å². The zero-order valence-electron chi connectivity index (χ0n) is 11.2. The van der Waals surface area contributed by atoms with Crippen LogP contribution in [0.5, 0.6) is 5.75 Å². The van der Waals surface area contributed by atoms with Gasteiger partial charge in [0.05, 0.1) is 12.7 Å². The van der Waals surface area contributed by atoms with Crippen LogP contribution in [0.4, 0.5) is 0 Å². The molecular formula is C14H15N3O4. The number of aromatic carboxylic acids is 1. The van der Waals surface area contributed by atoms with E-state index in [-0.39, 0.29) is 23.8 Å². The number of nitrogens with one attached hydrogen (secondary N) is 1. The Morgan fingerprint density at radius 1 is 1.33 bits per heavy atom. The minimum atomic E-state index is -1.08. The fourth-order valence-electron chi connectivity index (χ4n) is 1.83. The second-order valence-corrected chi connectivity index (χ2v) is 4.50. The van der Waals surface area contributed by atoms with Crippen molar-refractivity contribution in [2.24, 2.45) is 0 Å². The number of carboxylic acid groups (broad SMARTS) is 1. The molecule has 3 N–H and O–H groups in total. The van der Waals surface area contributed by atoms with E-state index in [1.165, 1.54) is 18.6 Å². The van der Waals surface area contributed by atoms with E-state index in [9.17, 15) is 14.7 Å². The third-order valence-electron chi connectivity index (χ3n) is 2.82. The second-order valence-electron chi connectivity index (χ2n) is 4.50. The van der Waals surface area contributed by atoms with Gasteiger partial charge in [-0.1, -0.05) is 12.1 Å². The van der Waals surface area contributed by atoms with Crippen molar-refractivity contribution < 1.29 is 19.8 Å². The molecular weight excluding hydrogens is 274 g/mol. The molecule has 0 unspecified atom stereocenters. The van der Waals surface area contributed by atoms with Crippen LogP contribution >= 0.6 is 0 Å². The lowest BCUT2D eigenvalue weighted by Crippen LogP contribution is -2.28. The van der Waals surface area contributed by atoms with E-state index in [1.807, 2.05) is 0 Å². The summed E-state index contributed by atoms with van der Waals surface area (Å²) in [5.74, 6) is -1.12. The number of carbonyl (C=O) groups is 2. The predicted molar refractivity (Wildman–Crippen MR) is 74.0 cm³/mol. The van der Waals surface area contributed by atoms with Gasteiger partial charge in [0.2, 0.25) is 5.91 Å². The van der Waals surface area contributed by atoms with Crippen molar-refractivity contribution in [3.05, 3.63) is 48.0 Å². The lowest BCUT2D eigenvalue weighted by molar-refractivity contribution is -0.120. The van der Waals surface area contributed by atoms with Crippen molar-refractivity contribution in [2.75, 3.05) is 6.54 Å². The number of carboxylic acids is 1. The number of hydrogen-bond acceptors (Lipinski definition) is 4. The van der Waals surface area contributed by atoms with Gasteiger partial charge in [-0.15, -0.1) is 0 Å². The number of carbonyl (C=O) groups excluding carboxylic acids is 1. The van der Waals surface area contributed by atoms with Crippen LogP contribution in [0.2, 0.25) is 0 Å². The normalized spacial score (nSPS) is 10.3. The van der Waals surface area contributed by atoms with E-state index in [0.29, 0.717) is 13.1 Å². The van der Waals surface area contributed by atoms with Crippen molar-refractivity contribution in [2.45, 2.75) is 13.0 Å². The minimum Gasteiger partial charge on any atom is -0.508 e. The number of aromatic hydroxyl groups is 1. The Bertz CT molecular complexity index is 651. The van der Waals surface area contributed by atoms with Crippen molar-refractivity contribution >= 4 is 11.9 Å². The fourth-order valence-corrected chi connectivity index (χ4v) is 1.83. The van der Waals surface area contributed by atoms with E-state index in [0.717, 1.165) is 5.56 Å². The number of benzene rings is 1. The molecule has 110 valence electrons. The lowest BCUT2D eigenvalue weighted by atomic mass is 10.1. The second kappa shape index (κ2) is 6.56. The maximum atomic E-state index is 11.7. The third-order valence-corrected chi connectivity index (χ3v) is 2.82. The van der Waals surface area contributed by atoms with E-state index in [4.69, 9.17) is 5.11 Å². The molecule has 0 saturated carbocycles. The van der Waals surface area contributed by atoms with Crippen LogP contribution in [0.1, 0.15) is 16.1 Å². The van der Waals surface area contributed by atoms with Crippen LogP contribution < -0.4 is 5.32 Å². The number of rotatable bonds is 6. The van der Waals surface area contributed by atoms with E-state index in [2.05, 4.69) is 10.3 Å².